The molecule has 2 aliphatic rings. The van der Waals surface area contributed by atoms with Gasteiger partial charge in [0.1, 0.15) is 5.75 Å². The first-order valence-electron chi connectivity index (χ1n) is 10.9. The standard InChI is InChI=1S/C25H30N2O3/c1-26(2)25(29)30-24-12-6-10-19-20-15-17-27(22(20)14-13-21(19)24)16-7-11-23(28)18-8-4-3-5-9-18/h3-6,8-10,12,20,22H,7,11,13-17H2,1-2H3/t20-,22+/m0/s1. The Morgan fingerprint density at radius 3 is 2.63 bits per heavy atom. The fourth-order valence-electron chi connectivity index (χ4n) is 4.92. The zero-order valence-corrected chi connectivity index (χ0v) is 17.8. The first-order chi connectivity index (χ1) is 14.5. The van der Waals surface area contributed by atoms with Crippen LogP contribution in [0.3, 0.4) is 0 Å². The summed E-state index contributed by atoms with van der Waals surface area (Å²) in [7, 11) is 3.40. The summed E-state index contributed by atoms with van der Waals surface area (Å²) in [6.07, 6.45) is 4.27. The second-order valence-corrected chi connectivity index (χ2v) is 8.52. The van der Waals surface area contributed by atoms with Crippen LogP contribution in [0.4, 0.5) is 4.79 Å². The first kappa shape index (κ1) is 20.6. The van der Waals surface area contributed by atoms with Gasteiger partial charge >= 0.3 is 6.09 Å². The molecule has 1 aliphatic heterocycles. The van der Waals surface area contributed by atoms with Gasteiger partial charge in [0.05, 0.1) is 0 Å². The normalized spacial score (nSPS) is 20.3. The monoisotopic (exact) mass is 406 g/mol. The Morgan fingerprint density at radius 2 is 1.87 bits per heavy atom. The third-order valence-electron chi connectivity index (χ3n) is 6.43. The molecule has 0 bridgehead atoms. The highest BCUT2D eigenvalue weighted by Gasteiger charge is 2.39. The number of nitrogens with zero attached hydrogens (tertiary/aromatic N) is 2. The van der Waals surface area contributed by atoms with Crippen molar-refractivity contribution in [3.05, 3.63) is 65.2 Å². The fourth-order valence-corrected chi connectivity index (χ4v) is 4.92. The third-order valence-corrected chi connectivity index (χ3v) is 6.43. The van der Waals surface area contributed by atoms with Crippen molar-refractivity contribution in [2.75, 3.05) is 27.2 Å². The average molecular weight is 407 g/mol. The maximum Gasteiger partial charge on any atom is 0.414 e. The van der Waals surface area contributed by atoms with Crippen LogP contribution in [0.25, 0.3) is 0 Å². The Morgan fingerprint density at radius 1 is 1.07 bits per heavy atom. The van der Waals surface area contributed by atoms with Crippen molar-refractivity contribution < 1.29 is 14.3 Å². The lowest BCUT2D eigenvalue weighted by molar-refractivity contribution is 0.0972. The average Bonchev–Trinajstić information content (AvgIpc) is 3.18. The molecule has 158 valence electrons. The molecule has 2 atom stereocenters. The van der Waals surface area contributed by atoms with E-state index in [1.807, 2.05) is 42.5 Å². The van der Waals surface area contributed by atoms with Gasteiger partial charge in [-0.3, -0.25) is 9.69 Å². The summed E-state index contributed by atoms with van der Waals surface area (Å²) in [5.41, 5.74) is 3.33. The minimum atomic E-state index is -0.332. The second kappa shape index (κ2) is 9.00. The molecule has 0 radical (unpaired) electrons. The Kier molecular flexibility index (Phi) is 6.18. The maximum atomic E-state index is 12.4. The molecule has 1 heterocycles. The van der Waals surface area contributed by atoms with E-state index in [1.54, 1.807) is 14.1 Å². The number of hydrogen-bond donors (Lipinski definition) is 0. The van der Waals surface area contributed by atoms with E-state index in [0.717, 1.165) is 44.3 Å². The largest absolute Gasteiger partial charge is 0.414 e. The lowest BCUT2D eigenvalue weighted by atomic mass is 9.79. The van der Waals surface area contributed by atoms with Crippen molar-refractivity contribution in [1.82, 2.24) is 9.80 Å². The molecule has 4 rings (SSSR count). The summed E-state index contributed by atoms with van der Waals surface area (Å²) in [5.74, 6) is 1.42. The summed E-state index contributed by atoms with van der Waals surface area (Å²) in [4.78, 5) is 28.4. The zero-order chi connectivity index (χ0) is 21.1. The van der Waals surface area contributed by atoms with Gasteiger partial charge in [0.15, 0.2) is 5.78 Å². The van der Waals surface area contributed by atoms with Crippen LogP contribution in [0.5, 0.6) is 5.75 Å². The molecule has 1 saturated heterocycles. The van der Waals surface area contributed by atoms with Gasteiger partial charge in [-0.25, -0.2) is 4.79 Å². The molecule has 0 spiro atoms. The van der Waals surface area contributed by atoms with E-state index in [-0.39, 0.29) is 11.9 Å². The number of carbonyl (C=O) groups is 2. The molecular weight excluding hydrogens is 376 g/mol. The molecule has 0 N–H and O–H groups in total. The lowest BCUT2D eigenvalue weighted by Gasteiger charge is -2.34. The first-order valence-corrected chi connectivity index (χ1v) is 10.9. The lowest BCUT2D eigenvalue weighted by Crippen LogP contribution is -2.36. The van der Waals surface area contributed by atoms with Crippen molar-refractivity contribution in [3.8, 4) is 5.75 Å². The molecule has 5 heteroatoms. The number of likely N-dealkylation sites (tertiary alicyclic amines) is 1. The predicted octanol–water partition coefficient (Wildman–Crippen LogP) is 4.51. The molecule has 0 saturated carbocycles. The Labute approximate surface area is 178 Å². The highest BCUT2D eigenvalue weighted by atomic mass is 16.6. The van der Waals surface area contributed by atoms with Gasteiger partial charge in [0, 0.05) is 38.0 Å². The minimum absolute atomic E-state index is 0.229. The van der Waals surface area contributed by atoms with Gasteiger partial charge in [-0.05, 0) is 56.0 Å². The van der Waals surface area contributed by atoms with Crippen LogP contribution in [0, 0.1) is 0 Å². The topological polar surface area (TPSA) is 49.9 Å². The van der Waals surface area contributed by atoms with Crippen LogP contribution in [0.1, 0.15) is 53.1 Å². The maximum absolute atomic E-state index is 12.4. The highest BCUT2D eigenvalue weighted by molar-refractivity contribution is 5.95. The summed E-state index contributed by atoms with van der Waals surface area (Å²) in [6, 6.07) is 16.2. The van der Waals surface area contributed by atoms with Crippen LogP contribution in [-0.4, -0.2) is 54.9 Å². The molecule has 1 amide bonds. The van der Waals surface area contributed by atoms with Gasteiger partial charge < -0.3 is 9.64 Å². The van der Waals surface area contributed by atoms with Gasteiger partial charge in [-0.1, -0.05) is 42.5 Å². The smallest absolute Gasteiger partial charge is 0.410 e. The van der Waals surface area contributed by atoms with Crippen molar-refractivity contribution in [2.45, 2.75) is 44.1 Å². The van der Waals surface area contributed by atoms with Gasteiger partial charge in [-0.15, -0.1) is 0 Å². The summed E-state index contributed by atoms with van der Waals surface area (Å²) >= 11 is 0. The number of rotatable bonds is 6. The molecule has 0 unspecified atom stereocenters. The highest BCUT2D eigenvalue weighted by Crippen LogP contribution is 2.44. The van der Waals surface area contributed by atoms with Crippen molar-refractivity contribution >= 4 is 11.9 Å². The third kappa shape index (κ3) is 4.26. The van der Waals surface area contributed by atoms with Crippen LogP contribution < -0.4 is 4.74 Å². The van der Waals surface area contributed by atoms with E-state index < -0.39 is 0 Å². The molecule has 1 fully saturated rings. The Balaban J connectivity index is 1.38. The number of fused-ring (bicyclic) bond motifs is 3. The Bertz CT molecular complexity index is 910. The number of ketones is 1. The molecular formula is C25H30N2O3. The Hall–Kier alpha value is -2.66. The molecule has 1 aliphatic carbocycles. The number of carbonyl (C=O) groups excluding carboxylic acids is 2. The molecule has 2 aromatic rings. The van der Waals surface area contributed by atoms with E-state index in [1.165, 1.54) is 16.0 Å². The molecule has 0 aromatic heterocycles. The SMILES string of the molecule is CN(C)C(=O)Oc1cccc2c1CC[C@@H]1[C@H]2CCN1CCCC(=O)c1ccccc1. The van der Waals surface area contributed by atoms with Crippen molar-refractivity contribution in [3.63, 3.8) is 0 Å². The van der Waals surface area contributed by atoms with Crippen LogP contribution in [-0.2, 0) is 6.42 Å². The quantitative estimate of drug-likeness (QED) is 0.662. The van der Waals surface area contributed by atoms with Crippen molar-refractivity contribution in [2.24, 2.45) is 0 Å². The predicted molar refractivity (Wildman–Crippen MR) is 117 cm³/mol. The minimum Gasteiger partial charge on any atom is -0.410 e. The van der Waals surface area contributed by atoms with Gasteiger partial charge in [0.2, 0.25) is 0 Å². The van der Waals surface area contributed by atoms with Crippen molar-refractivity contribution in [1.29, 1.82) is 0 Å². The van der Waals surface area contributed by atoms with Gasteiger partial charge in [0.25, 0.3) is 0 Å². The fraction of sp³-hybridized carbons (Fsp3) is 0.440. The number of ether oxygens (including phenoxy) is 1. The van der Waals surface area contributed by atoms with Crippen LogP contribution >= 0.6 is 0 Å². The second-order valence-electron chi connectivity index (χ2n) is 8.52. The van der Waals surface area contributed by atoms with Gasteiger partial charge in [-0.2, -0.15) is 0 Å². The summed E-state index contributed by atoms with van der Waals surface area (Å²) in [5, 5.41) is 0. The van der Waals surface area contributed by atoms with E-state index >= 15 is 0 Å². The zero-order valence-electron chi connectivity index (χ0n) is 17.8. The number of Topliss-reactive ketones (excluding diaryl/α,β-unsaturated/α-hetero) is 1. The van der Waals surface area contributed by atoms with E-state index in [9.17, 15) is 9.59 Å². The molecule has 2 aromatic carbocycles. The van der Waals surface area contributed by atoms with E-state index in [0.29, 0.717) is 24.1 Å². The van der Waals surface area contributed by atoms with E-state index in [2.05, 4.69) is 11.0 Å². The number of amides is 1. The van der Waals surface area contributed by atoms with E-state index in [4.69, 9.17) is 4.74 Å². The number of hydrogen-bond acceptors (Lipinski definition) is 4. The number of benzene rings is 2. The van der Waals surface area contributed by atoms with Crippen LogP contribution in [0.15, 0.2) is 48.5 Å². The molecule has 5 nitrogen and oxygen atoms in total. The summed E-state index contributed by atoms with van der Waals surface area (Å²) in [6.45, 7) is 2.03. The molecule has 30 heavy (non-hydrogen) atoms. The summed E-state index contributed by atoms with van der Waals surface area (Å²) < 4.78 is 5.62. The van der Waals surface area contributed by atoms with Crippen LogP contribution in [0.2, 0.25) is 0 Å².